The van der Waals surface area contributed by atoms with Gasteiger partial charge in [-0.3, -0.25) is 4.99 Å². The molecule has 0 aliphatic carbocycles. The number of aromatic amines is 1. The van der Waals surface area contributed by atoms with E-state index in [1.807, 2.05) is 23.9 Å². The third kappa shape index (κ3) is 3.10. The summed E-state index contributed by atoms with van der Waals surface area (Å²) < 4.78 is 5.33. The largest absolute Gasteiger partial charge is 0.497 e. The van der Waals surface area contributed by atoms with E-state index in [2.05, 4.69) is 71.8 Å². The Hall–Kier alpha value is -2.98. The van der Waals surface area contributed by atoms with Crippen LogP contribution < -0.4 is 4.74 Å². The Kier molecular flexibility index (Phi) is 4.41. The van der Waals surface area contributed by atoms with Crippen LogP contribution in [0.5, 0.6) is 5.75 Å². The van der Waals surface area contributed by atoms with Gasteiger partial charge in [0.2, 0.25) is 0 Å². The van der Waals surface area contributed by atoms with Crippen molar-refractivity contribution in [2.75, 3.05) is 7.11 Å². The number of rotatable bonds is 3. The van der Waals surface area contributed by atoms with Crippen LogP contribution in [-0.4, -0.2) is 17.8 Å². The number of ether oxygens (including phenoxy) is 1. The van der Waals surface area contributed by atoms with Crippen LogP contribution in [0.4, 0.5) is 5.69 Å². The first-order chi connectivity index (χ1) is 13.8. The summed E-state index contributed by atoms with van der Waals surface area (Å²) in [6.07, 6.45) is 2.96. The van der Waals surface area contributed by atoms with Crippen LogP contribution >= 0.6 is 11.8 Å². The summed E-state index contributed by atoms with van der Waals surface area (Å²) in [6.45, 7) is 0. The van der Waals surface area contributed by atoms with Crippen molar-refractivity contribution in [1.29, 1.82) is 0 Å². The molecule has 0 bridgehead atoms. The number of H-pyrrole nitrogens is 1. The number of aromatic nitrogens is 1. The monoisotopic (exact) mass is 384 g/mol. The van der Waals surface area contributed by atoms with Gasteiger partial charge in [0.1, 0.15) is 5.75 Å². The van der Waals surface area contributed by atoms with Gasteiger partial charge in [-0.1, -0.05) is 42.5 Å². The van der Waals surface area contributed by atoms with Crippen LogP contribution in [0.2, 0.25) is 0 Å². The molecule has 3 aromatic carbocycles. The summed E-state index contributed by atoms with van der Waals surface area (Å²) in [5.41, 5.74) is 5.78. The highest BCUT2D eigenvalue weighted by molar-refractivity contribution is 7.99. The van der Waals surface area contributed by atoms with Crippen LogP contribution in [0.1, 0.15) is 22.8 Å². The second-order valence-corrected chi connectivity index (χ2v) is 8.10. The number of benzene rings is 3. The quantitative estimate of drug-likeness (QED) is 0.436. The molecular formula is C24H20N2OS. The average molecular weight is 385 g/mol. The molecule has 1 aliphatic rings. The number of hydrogen-bond donors (Lipinski definition) is 1. The van der Waals surface area contributed by atoms with E-state index in [1.54, 1.807) is 7.11 Å². The van der Waals surface area contributed by atoms with E-state index in [1.165, 1.54) is 21.4 Å². The van der Waals surface area contributed by atoms with Gasteiger partial charge in [0, 0.05) is 39.2 Å². The van der Waals surface area contributed by atoms with Crippen LogP contribution in [0.3, 0.4) is 0 Å². The average Bonchev–Trinajstić information content (AvgIpc) is 3.08. The topological polar surface area (TPSA) is 37.4 Å². The minimum atomic E-state index is 0.293. The summed E-state index contributed by atoms with van der Waals surface area (Å²) in [5.74, 6) is 0.883. The Bertz CT molecular complexity index is 1160. The zero-order chi connectivity index (χ0) is 18.9. The molecular weight excluding hydrogens is 364 g/mol. The Labute approximate surface area is 168 Å². The SMILES string of the molecule is COc1ccc(C2CC(c3c[nH]c4ccccc34)=Nc3ccccc3S2)cc1. The van der Waals surface area contributed by atoms with Crippen LogP contribution in [0.15, 0.2) is 88.9 Å². The number of thioether (sulfide) groups is 1. The third-order valence-corrected chi connectivity index (χ3v) is 6.48. The molecule has 0 fully saturated rings. The lowest BCUT2D eigenvalue weighted by Crippen LogP contribution is -2.05. The van der Waals surface area contributed by atoms with Crippen LogP contribution in [0.25, 0.3) is 10.9 Å². The fourth-order valence-corrected chi connectivity index (χ4v) is 4.93. The molecule has 4 heteroatoms. The van der Waals surface area contributed by atoms with E-state index in [9.17, 15) is 0 Å². The predicted molar refractivity (Wildman–Crippen MR) is 117 cm³/mol. The van der Waals surface area contributed by atoms with Gasteiger partial charge in [0.25, 0.3) is 0 Å². The van der Waals surface area contributed by atoms with Gasteiger partial charge in [-0.15, -0.1) is 11.8 Å². The highest BCUT2D eigenvalue weighted by Gasteiger charge is 2.23. The van der Waals surface area contributed by atoms with Crippen molar-refractivity contribution in [1.82, 2.24) is 4.98 Å². The van der Waals surface area contributed by atoms with Gasteiger partial charge in [0.15, 0.2) is 0 Å². The van der Waals surface area contributed by atoms with Crippen LogP contribution in [0, 0.1) is 0 Å². The second kappa shape index (κ2) is 7.21. The van der Waals surface area contributed by atoms with Gasteiger partial charge in [-0.2, -0.15) is 0 Å². The number of aliphatic imine (C=N–C) groups is 1. The molecule has 4 aromatic rings. The number of methoxy groups -OCH3 is 1. The van der Waals surface area contributed by atoms with E-state index in [0.29, 0.717) is 5.25 Å². The highest BCUT2D eigenvalue weighted by Crippen LogP contribution is 2.46. The fourth-order valence-electron chi connectivity index (χ4n) is 3.70. The van der Waals surface area contributed by atoms with E-state index in [0.717, 1.165) is 29.1 Å². The molecule has 3 nitrogen and oxygen atoms in total. The number of nitrogens with one attached hydrogen (secondary N) is 1. The van der Waals surface area contributed by atoms with Crippen molar-refractivity contribution in [2.24, 2.45) is 4.99 Å². The van der Waals surface area contributed by atoms with Crippen molar-refractivity contribution in [2.45, 2.75) is 16.6 Å². The molecule has 0 radical (unpaired) electrons. The number of fused-ring (bicyclic) bond motifs is 2. The molecule has 0 amide bonds. The Morgan fingerprint density at radius 2 is 1.75 bits per heavy atom. The summed E-state index contributed by atoms with van der Waals surface area (Å²) in [6, 6.07) is 25.2. The third-order valence-electron chi connectivity index (χ3n) is 5.16. The Morgan fingerprint density at radius 1 is 0.964 bits per heavy atom. The van der Waals surface area contributed by atoms with E-state index in [4.69, 9.17) is 9.73 Å². The van der Waals surface area contributed by atoms with Crippen molar-refractivity contribution >= 4 is 34.1 Å². The molecule has 1 unspecified atom stereocenters. The van der Waals surface area contributed by atoms with Crippen molar-refractivity contribution < 1.29 is 4.74 Å². The smallest absolute Gasteiger partial charge is 0.118 e. The molecule has 0 saturated carbocycles. The zero-order valence-corrected chi connectivity index (χ0v) is 16.4. The van der Waals surface area contributed by atoms with Gasteiger partial charge < -0.3 is 9.72 Å². The van der Waals surface area contributed by atoms with Crippen molar-refractivity contribution in [3.63, 3.8) is 0 Å². The zero-order valence-electron chi connectivity index (χ0n) is 15.6. The maximum absolute atomic E-state index is 5.33. The fraction of sp³-hybridized carbons (Fsp3) is 0.125. The maximum atomic E-state index is 5.33. The summed E-state index contributed by atoms with van der Waals surface area (Å²) in [7, 11) is 1.70. The van der Waals surface area contributed by atoms with Gasteiger partial charge in [-0.05, 0) is 35.9 Å². The molecule has 5 rings (SSSR count). The van der Waals surface area contributed by atoms with E-state index in [-0.39, 0.29) is 0 Å². The lowest BCUT2D eigenvalue weighted by molar-refractivity contribution is 0.414. The lowest BCUT2D eigenvalue weighted by Gasteiger charge is -2.16. The highest BCUT2D eigenvalue weighted by atomic mass is 32.2. The molecule has 1 atom stereocenters. The minimum absolute atomic E-state index is 0.293. The molecule has 2 heterocycles. The normalized spacial score (nSPS) is 16.3. The van der Waals surface area contributed by atoms with Crippen molar-refractivity contribution in [3.05, 3.63) is 90.1 Å². The molecule has 0 saturated heterocycles. The van der Waals surface area contributed by atoms with Crippen molar-refractivity contribution in [3.8, 4) is 5.75 Å². The molecule has 1 N–H and O–H groups in total. The van der Waals surface area contributed by atoms with E-state index >= 15 is 0 Å². The lowest BCUT2D eigenvalue weighted by atomic mass is 10.0. The standard InChI is InChI=1S/C24H20N2OS/c1-27-17-12-10-16(11-13-17)24-14-22(26-21-8-4-5-9-23(21)28-24)19-15-25-20-7-3-2-6-18(19)20/h2-13,15,24-25H,14H2,1H3. The van der Waals surface area contributed by atoms with Gasteiger partial charge in [0.05, 0.1) is 18.5 Å². The molecule has 138 valence electrons. The Morgan fingerprint density at radius 3 is 2.61 bits per heavy atom. The second-order valence-electron chi connectivity index (χ2n) is 6.86. The predicted octanol–water partition coefficient (Wildman–Crippen LogP) is 6.53. The maximum Gasteiger partial charge on any atom is 0.118 e. The molecule has 1 aromatic heterocycles. The number of para-hydroxylation sites is 2. The first-order valence-electron chi connectivity index (χ1n) is 9.35. The number of nitrogens with zero attached hydrogens (tertiary/aromatic N) is 1. The summed E-state index contributed by atoms with van der Waals surface area (Å²) in [4.78, 5) is 9.71. The molecule has 0 spiro atoms. The first-order valence-corrected chi connectivity index (χ1v) is 10.2. The molecule has 28 heavy (non-hydrogen) atoms. The van der Waals surface area contributed by atoms with Gasteiger partial charge >= 0.3 is 0 Å². The molecule has 1 aliphatic heterocycles. The van der Waals surface area contributed by atoms with Gasteiger partial charge in [-0.25, -0.2) is 0 Å². The summed E-state index contributed by atoms with van der Waals surface area (Å²) in [5, 5.41) is 1.51. The number of hydrogen-bond acceptors (Lipinski definition) is 3. The summed E-state index contributed by atoms with van der Waals surface area (Å²) >= 11 is 1.89. The van der Waals surface area contributed by atoms with Crippen LogP contribution in [-0.2, 0) is 0 Å². The Balaban J connectivity index is 1.62. The first kappa shape index (κ1) is 17.1. The minimum Gasteiger partial charge on any atom is -0.497 e. The van der Waals surface area contributed by atoms with E-state index < -0.39 is 0 Å².